The molecule has 0 aliphatic rings. The first-order valence-electron chi connectivity index (χ1n) is 5.97. The van der Waals surface area contributed by atoms with Crippen LogP contribution in [0.5, 0.6) is 0 Å². The SMILES string of the molecule is CCCCCCC(F)C(CN)C(C)C. The van der Waals surface area contributed by atoms with Crippen molar-refractivity contribution in [2.75, 3.05) is 6.54 Å². The first-order valence-corrected chi connectivity index (χ1v) is 5.97. The van der Waals surface area contributed by atoms with Crippen LogP contribution in [0.1, 0.15) is 52.9 Å². The minimum atomic E-state index is -0.697. The maximum absolute atomic E-state index is 13.7. The summed E-state index contributed by atoms with van der Waals surface area (Å²) in [6, 6.07) is 0. The monoisotopic (exact) mass is 203 g/mol. The number of nitrogens with two attached hydrogens (primary N) is 1. The molecule has 2 atom stereocenters. The summed E-state index contributed by atoms with van der Waals surface area (Å²) in [6.45, 7) is 6.75. The second kappa shape index (κ2) is 8.22. The van der Waals surface area contributed by atoms with Crippen LogP contribution in [0.4, 0.5) is 4.39 Å². The lowest BCUT2D eigenvalue weighted by Gasteiger charge is -2.22. The van der Waals surface area contributed by atoms with Crippen LogP contribution in [0.2, 0.25) is 0 Å². The number of hydrogen-bond donors (Lipinski definition) is 1. The third-order valence-electron chi connectivity index (χ3n) is 2.93. The fourth-order valence-corrected chi connectivity index (χ4v) is 1.82. The Balaban J connectivity index is 3.64. The Hall–Kier alpha value is -0.110. The van der Waals surface area contributed by atoms with E-state index in [2.05, 4.69) is 20.8 Å². The number of unbranched alkanes of at least 4 members (excludes halogenated alkanes) is 3. The quantitative estimate of drug-likeness (QED) is 0.600. The molecule has 0 aliphatic heterocycles. The lowest BCUT2D eigenvalue weighted by Crippen LogP contribution is -2.29. The van der Waals surface area contributed by atoms with Crippen molar-refractivity contribution in [2.45, 2.75) is 59.0 Å². The molecule has 2 heteroatoms. The molecule has 1 nitrogen and oxygen atoms in total. The smallest absolute Gasteiger partial charge is 0.104 e. The van der Waals surface area contributed by atoms with E-state index in [9.17, 15) is 4.39 Å². The molecular formula is C12H26FN. The van der Waals surface area contributed by atoms with Crippen LogP contribution in [0, 0.1) is 11.8 Å². The van der Waals surface area contributed by atoms with Crippen LogP contribution in [0.15, 0.2) is 0 Å². The average molecular weight is 203 g/mol. The maximum atomic E-state index is 13.7. The van der Waals surface area contributed by atoms with Gasteiger partial charge < -0.3 is 5.73 Å². The molecule has 0 aromatic heterocycles. The molecule has 86 valence electrons. The Morgan fingerprint density at radius 3 is 2.21 bits per heavy atom. The Morgan fingerprint density at radius 1 is 1.14 bits per heavy atom. The molecule has 0 spiro atoms. The van der Waals surface area contributed by atoms with Crippen LogP contribution in [-0.2, 0) is 0 Å². The summed E-state index contributed by atoms with van der Waals surface area (Å²) in [6.07, 6.45) is 4.60. The van der Waals surface area contributed by atoms with E-state index in [0.29, 0.717) is 18.9 Å². The van der Waals surface area contributed by atoms with Crippen molar-refractivity contribution >= 4 is 0 Å². The van der Waals surface area contributed by atoms with E-state index in [1.54, 1.807) is 0 Å². The Morgan fingerprint density at radius 2 is 1.79 bits per heavy atom. The first kappa shape index (κ1) is 13.9. The van der Waals surface area contributed by atoms with Gasteiger partial charge in [-0.25, -0.2) is 4.39 Å². The van der Waals surface area contributed by atoms with Gasteiger partial charge >= 0.3 is 0 Å². The molecule has 0 saturated carbocycles. The van der Waals surface area contributed by atoms with Crippen LogP contribution >= 0.6 is 0 Å². The van der Waals surface area contributed by atoms with Gasteiger partial charge in [0, 0.05) is 5.92 Å². The third kappa shape index (κ3) is 5.58. The van der Waals surface area contributed by atoms with Gasteiger partial charge in [-0.15, -0.1) is 0 Å². The van der Waals surface area contributed by atoms with Crippen LogP contribution < -0.4 is 5.73 Å². The molecule has 0 rings (SSSR count). The maximum Gasteiger partial charge on any atom is 0.104 e. The molecule has 2 N–H and O–H groups in total. The molecule has 2 unspecified atom stereocenters. The molecule has 0 amide bonds. The van der Waals surface area contributed by atoms with Crippen LogP contribution in [0.3, 0.4) is 0 Å². The van der Waals surface area contributed by atoms with E-state index in [1.807, 2.05) is 0 Å². The molecule has 0 heterocycles. The van der Waals surface area contributed by atoms with Gasteiger partial charge in [-0.3, -0.25) is 0 Å². The van der Waals surface area contributed by atoms with Crippen LogP contribution in [-0.4, -0.2) is 12.7 Å². The molecule has 0 fully saturated rings. The zero-order chi connectivity index (χ0) is 11.0. The minimum Gasteiger partial charge on any atom is -0.330 e. The summed E-state index contributed by atoms with van der Waals surface area (Å²) in [4.78, 5) is 0. The number of rotatable bonds is 8. The van der Waals surface area contributed by atoms with Gasteiger partial charge in [0.15, 0.2) is 0 Å². The molecule has 14 heavy (non-hydrogen) atoms. The van der Waals surface area contributed by atoms with Gasteiger partial charge in [-0.05, 0) is 18.9 Å². The summed E-state index contributed by atoms with van der Waals surface area (Å²) in [7, 11) is 0. The van der Waals surface area contributed by atoms with Crippen molar-refractivity contribution in [2.24, 2.45) is 17.6 Å². The molecule has 0 saturated heterocycles. The second-order valence-corrected chi connectivity index (χ2v) is 4.51. The molecular weight excluding hydrogens is 177 g/mol. The zero-order valence-corrected chi connectivity index (χ0v) is 9.93. The van der Waals surface area contributed by atoms with E-state index in [4.69, 9.17) is 5.73 Å². The average Bonchev–Trinajstić information content (AvgIpc) is 2.13. The van der Waals surface area contributed by atoms with Gasteiger partial charge in [0.25, 0.3) is 0 Å². The first-order chi connectivity index (χ1) is 6.63. The predicted molar refractivity (Wildman–Crippen MR) is 61.0 cm³/mol. The van der Waals surface area contributed by atoms with Crippen molar-refractivity contribution in [1.82, 2.24) is 0 Å². The fourth-order valence-electron chi connectivity index (χ4n) is 1.82. The largest absolute Gasteiger partial charge is 0.330 e. The van der Waals surface area contributed by atoms with Gasteiger partial charge in [-0.2, -0.15) is 0 Å². The van der Waals surface area contributed by atoms with E-state index >= 15 is 0 Å². The summed E-state index contributed by atoms with van der Waals surface area (Å²) in [5.41, 5.74) is 5.57. The van der Waals surface area contributed by atoms with Crippen molar-refractivity contribution in [3.05, 3.63) is 0 Å². The molecule has 0 bridgehead atoms. The predicted octanol–water partition coefficient (Wildman–Crippen LogP) is 3.53. The van der Waals surface area contributed by atoms with Gasteiger partial charge in [-0.1, -0.05) is 46.5 Å². The zero-order valence-electron chi connectivity index (χ0n) is 9.93. The van der Waals surface area contributed by atoms with Gasteiger partial charge in [0.2, 0.25) is 0 Å². The van der Waals surface area contributed by atoms with Gasteiger partial charge in [0.1, 0.15) is 6.17 Å². The van der Waals surface area contributed by atoms with E-state index in [-0.39, 0.29) is 5.92 Å². The second-order valence-electron chi connectivity index (χ2n) is 4.51. The third-order valence-corrected chi connectivity index (χ3v) is 2.93. The van der Waals surface area contributed by atoms with E-state index in [1.165, 1.54) is 12.8 Å². The number of hydrogen-bond acceptors (Lipinski definition) is 1. The van der Waals surface area contributed by atoms with E-state index in [0.717, 1.165) is 12.8 Å². The van der Waals surface area contributed by atoms with Crippen molar-refractivity contribution in [3.8, 4) is 0 Å². The van der Waals surface area contributed by atoms with Crippen molar-refractivity contribution in [3.63, 3.8) is 0 Å². The van der Waals surface area contributed by atoms with Crippen molar-refractivity contribution in [1.29, 1.82) is 0 Å². The summed E-state index contributed by atoms with van der Waals surface area (Å²) < 4.78 is 13.7. The Kier molecular flexibility index (Phi) is 8.15. The molecule has 0 aromatic carbocycles. The number of halogens is 1. The highest BCUT2D eigenvalue weighted by Crippen LogP contribution is 2.21. The number of alkyl halides is 1. The summed E-state index contributed by atoms with van der Waals surface area (Å²) >= 11 is 0. The Bertz CT molecular complexity index is 125. The fraction of sp³-hybridized carbons (Fsp3) is 1.00. The normalized spacial score (nSPS) is 15.9. The van der Waals surface area contributed by atoms with Crippen LogP contribution in [0.25, 0.3) is 0 Å². The lowest BCUT2D eigenvalue weighted by atomic mass is 9.88. The van der Waals surface area contributed by atoms with Gasteiger partial charge in [0.05, 0.1) is 0 Å². The lowest BCUT2D eigenvalue weighted by molar-refractivity contribution is 0.171. The highest BCUT2D eigenvalue weighted by Gasteiger charge is 2.21. The molecule has 0 aliphatic carbocycles. The highest BCUT2D eigenvalue weighted by molar-refractivity contribution is 4.73. The molecule has 0 aromatic rings. The Labute approximate surface area is 88.3 Å². The summed E-state index contributed by atoms with van der Waals surface area (Å²) in [5.74, 6) is 0.415. The van der Waals surface area contributed by atoms with E-state index < -0.39 is 6.17 Å². The highest BCUT2D eigenvalue weighted by atomic mass is 19.1. The van der Waals surface area contributed by atoms with Crippen molar-refractivity contribution < 1.29 is 4.39 Å². The topological polar surface area (TPSA) is 26.0 Å². The minimum absolute atomic E-state index is 0.0524. The summed E-state index contributed by atoms with van der Waals surface area (Å²) in [5, 5.41) is 0. The standard InChI is InChI=1S/C12H26FN/c1-4-5-6-7-8-12(13)11(9-14)10(2)3/h10-12H,4-9,14H2,1-3H3. The molecule has 0 radical (unpaired) electrons.